The van der Waals surface area contributed by atoms with Crippen LogP contribution in [-0.2, 0) is 4.43 Å². The highest BCUT2D eigenvalue weighted by atomic mass is 28.4. The number of aliphatic hydroxyl groups excluding tert-OH is 2. The first-order chi connectivity index (χ1) is 11.1. The van der Waals surface area contributed by atoms with Crippen molar-refractivity contribution in [3.8, 4) is 0 Å². The quantitative estimate of drug-likeness (QED) is 0.311. The first-order valence-electron chi connectivity index (χ1n) is 10.1. The molecule has 0 aliphatic heterocycles. The highest BCUT2D eigenvalue weighted by Crippen LogP contribution is 2.38. The highest BCUT2D eigenvalue weighted by Gasteiger charge is 2.38. The van der Waals surface area contributed by atoms with Gasteiger partial charge in [0.05, 0.1) is 6.10 Å². The molecule has 0 rings (SSSR count). The van der Waals surface area contributed by atoms with Gasteiger partial charge in [-0.15, -0.1) is 0 Å². The minimum atomic E-state index is -1.76. The molecule has 0 aliphatic carbocycles. The topological polar surface area (TPSA) is 49.7 Å². The third kappa shape index (κ3) is 10.9. The van der Waals surface area contributed by atoms with Crippen LogP contribution in [0.15, 0.2) is 0 Å². The number of unbranched alkanes of at least 4 members (excludes halogenated alkanes) is 4. The van der Waals surface area contributed by atoms with E-state index in [2.05, 4.69) is 40.8 Å². The summed E-state index contributed by atoms with van der Waals surface area (Å²) < 4.78 is 6.47. The zero-order chi connectivity index (χ0) is 18.6. The molecule has 0 aromatic rings. The van der Waals surface area contributed by atoms with Crippen LogP contribution in [0.3, 0.4) is 0 Å². The molecule has 4 heteroatoms. The predicted octanol–water partition coefficient (Wildman–Crippen LogP) is 5.65. The summed E-state index contributed by atoms with van der Waals surface area (Å²) in [4.78, 5) is 0. The van der Waals surface area contributed by atoms with Crippen molar-refractivity contribution in [3.63, 3.8) is 0 Å². The monoisotopic (exact) mass is 360 g/mol. The van der Waals surface area contributed by atoms with E-state index in [1.165, 1.54) is 12.8 Å². The predicted molar refractivity (Wildman–Crippen MR) is 107 cm³/mol. The first-order valence-corrected chi connectivity index (χ1v) is 13.0. The van der Waals surface area contributed by atoms with E-state index in [4.69, 9.17) is 4.43 Å². The maximum atomic E-state index is 9.96. The maximum Gasteiger partial charge on any atom is 0.192 e. The molecule has 0 unspecified atom stereocenters. The van der Waals surface area contributed by atoms with Crippen molar-refractivity contribution in [1.29, 1.82) is 0 Å². The molecule has 0 aromatic heterocycles. The van der Waals surface area contributed by atoms with Gasteiger partial charge in [0.15, 0.2) is 8.32 Å². The Labute approximate surface area is 152 Å². The molecule has 2 atom stereocenters. The Hall–Kier alpha value is 0.0969. The van der Waals surface area contributed by atoms with Crippen LogP contribution in [0.1, 0.15) is 91.9 Å². The Morgan fingerprint density at radius 3 is 1.92 bits per heavy atom. The Bertz CT molecular complexity index is 300. The van der Waals surface area contributed by atoms with E-state index < -0.39 is 8.32 Å². The highest BCUT2D eigenvalue weighted by molar-refractivity contribution is 6.74. The smallest absolute Gasteiger partial charge is 0.192 e. The van der Waals surface area contributed by atoms with Gasteiger partial charge in [-0.2, -0.15) is 0 Å². The van der Waals surface area contributed by atoms with Gasteiger partial charge in [0.1, 0.15) is 0 Å². The van der Waals surface area contributed by atoms with Gasteiger partial charge in [0.25, 0.3) is 0 Å². The largest absolute Gasteiger partial charge is 0.414 e. The zero-order valence-electron chi connectivity index (χ0n) is 17.2. The first kappa shape index (κ1) is 24.1. The van der Waals surface area contributed by atoms with E-state index in [0.29, 0.717) is 0 Å². The zero-order valence-corrected chi connectivity index (χ0v) is 18.2. The van der Waals surface area contributed by atoms with Gasteiger partial charge in [-0.25, -0.2) is 0 Å². The van der Waals surface area contributed by atoms with Crippen LogP contribution in [-0.4, -0.2) is 37.3 Å². The second-order valence-corrected chi connectivity index (χ2v) is 13.6. The van der Waals surface area contributed by atoms with Crippen LogP contribution in [0.5, 0.6) is 0 Å². The maximum absolute atomic E-state index is 9.96. The van der Waals surface area contributed by atoms with E-state index in [-0.39, 0.29) is 23.9 Å². The van der Waals surface area contributed by atoms with Crippen molar-refractivity contribution in [2.45, 2.75) is 122 Å². The molecule has 0 fully saturated rings. The van der Waals surface area contributed by atoms with Crippen LogP contribution in [0.25, 0.3) is 0 Å². The molecular weight excluding hydrogens is 316 g/mol. The van der Waals surface area contributed by atoms with Gasteiger partial charge in [-0.05, 0) is 43.8 Å². The fourth-order valence-electron chi connectivity index (χ4n) is 2.70. The van der Waals surface area contributed by atoms with E-state index in [1.54, 1.807) is 0 Å². The van der Waals surface area contributed by atoms with Crippen molar-refractivity contribution < 1.29 is 14.6 Å². The lowest BCUT2D eigenvalue weighted by atomic mass is 10.0. The van der Waals surface area contributed by atoms with Gasteiger partial charge in [-0.3, -0.25) is 0 Å². The Balaban J connectivity index is 4.02. The van der Waals surface area contributed by atoms with Crippen LogP contribution in [0, 0.1) is 0 Å². The third-order valence-corrected chi connectivity index (χ3v) is 9.96. The van der Waals surface area contributed by atoms with E-state index >= 15 is 0 Å². The van der Waals surface area contributed by atoms with Gasteiger partial charge in [-0.1, -0.05) is 66.2 Å². The average molecular weight is 361 g/mol. The summed E-state index contributed by atoms with van der Waals surface area (Å²) in [5.74, 6) is 0. The van der Waals surface area contributed by atoms with E-state index in [1.807, 2.05) is 0 Å². The molecule has 0 saturated heterocycles. The Morgan fingerprint density at radius 2 is 1.42 bits per heavy atom. The lowest BCUT2D eigenvalue weighted by Gasteiger charge is -2.39. The number of hydrogen-bond acceptors (Lipinski definition) is 3. The summed E-state index contributed by atoms with van der Waals surface area (Å²) in [6.07, 6.45) is 10.7. The molecule has 3 nitrogen and oxygen atoms in total. The normalized spacial score (nSPS) is 15.5. The van der Waals surface area contributed by atoms with Crippen LogP contribution >= 0.6 is 0 Å². The van der Waals surface area contributed by atoms with Crippen molar-refractivity contribution in [2.24, 2.45) is 0 Å². The SMILES string of the molecule is CCCCC[C@@H](O)CCCCC[C@H](CCO)O[Si](C)(C)C(C)(C)C. The molecule has 0 spiro atoms. The molecule has 0 saturated carbocycles. The molecule has 0 aromatic carbocycles. The molecule has 0 amide bonds. The van der Waals surface area contributed by atoms with Crippen LogP contribution < -0.4 is 0 Å². The Morgan fingerprint density at radius 1 is 0.875 bits per heavy atom. The average Bonchev–Trinajstić information content (AvgIpc) is 2.45. The molecule has 0 heterocycles. The lowest BCUT2D eigenvalue weighted by Crippen LogP contribution is -2.44. The summed E-state index contributed by atoms with van der Waals surface area (Å²) in [6.45, 7) is 13.7. The fraction of sp³-hybridized carbons (Fsp3) is 1.00. The van der Waals surface area contributed by atoms with Crippen molar-refractivity contribution in [2.75, 3.05) is 6.61 Å². The van der Waals surface area contributed by atoms with Crippen LogP contribution in [0.4, 0.5) is 0 Å². The Kier molecular flexibility index (Phi) is 12.5. The fourth-order valence-corrected chi connectivity index (χ4v) is 4.13. The lowest BCUT2D eigenvalue weighted by molar-refractivity contribution is 0.127. The van der Waals surface area contributed by atoms with Gasteiger partial charge < -0.3 is 14.6 Å². The van der Waals surface area contributed by atoms with Crippen molar-refractivity contribution in [3.05, 3.63) is 0 Å². The molecule has 146 valence electrons. The minimum Gasteiger partial charge on any atom is -0.414 e. The summed E-state index contributed by atoms with van der Waals surface area (Å²) in [5, 5.41) is 19.5. The van der Waals surface area contributed by atoms with Crippen molar-refractivity contribution in [1.82, 2.24) is 0 Å². The van der Waals surface area contributed by atoms with E-state index in [0.717, 1.165) is 51.4 Å². The minimum absolute atomic E-state index is 0.117. The van der Waals surface area contributed by atoms with Gasteiger partial charge >= 0.3 is 0 Å². The second-order valence-electron chi connectivity index (χ2n) is 8.80. The number of rotatable bonds is 14. The second kappa shape index (κ2) is 12.5. The standard InChI is InChI=1S/C20H44O3Si/c1-7-8-10-13-18(22)14-11-9-12-15-19(16-17-21)23-24(5,6)20(2,3)4/h18-19,21-22H,7-17H2,1-6H3/t18-,19-/m1/s1. The summed E-state index contributed by atoms with van der Waals surface area (Å²) >= 11 is 0. The summed E-state index contributed by atoms with van der Waals surface area (Å²) in [5.41, 5.74) is 0. The molecule has 0 radical (unpaired) electrons. The molecule has 2 N–H and O–H groups in total. The number of hydrogen-bond donors (Lipinski definition) is 2. The number of aliphatic hydroxyl groups is 2. The van der Waals surface area contributed by atoms with Gasteiger partial charge in [0.2, 0.25) is 0 Å². The molecule has 0 aliphatic rings. The van der Waals surface area contributed by atoms with Gasteiger partial charge in [0, 0.05) is 12.7 Å². The summed E-state index contributed by atoms with van der Waals surface area (Å²) in [7, 11) is -1.76. The molecule has 24 heavy (non-hydrogen) atoms. The third-order valence-electron chi connectivity index (χ3n) is 5.42. The molecule has 0 bridgehead atoms. The van der Waals surface area contributed by atoms with Crippen molar-refractivity contribution >= 4 is 8.32 Å². The van der Waals surface area contributed by atoms with E-state index in [9.17, 15) is 10.2 Å². The summed E-state index contributed by atoms with van der Waals surface area (Å²) in [6, 6.07) is 0. The van der Waals surface area contributed by atoms with Crippen LogP contribution in [0.2, 0.25) is 18.1 Å². The molecular formula is C20H44O3Si.